The second-order valence-electron chi connectivity index (χ2n) is 5.61. The normalized spacial score (nSPS) is 11.3. The number of fused-ring (bicyclic) bond motifs is 2. The summed E-state index contributed by atoms with van der Waals surface area (Å²) in [6.07, 6.45) is 0.561. The number of rotatable bonds is 2. The van der Waals surface area contributed by atoms with Gasteiger partial charge in [-0.25, -0.2) is 4.98 Å². The third kappa shape index (κ3) is 2.56. The summed E-state index contributed by atoms with van der Waals surface area (Å²) in [5.41, 5.74) is -0.0160. The molecule has 0 saturated carbocycles. The number of aryl methyl sites for hydroxylation is 1. The maximum atomic E-state index is 13.2. The van der Waals surface area contributed by atoms with Crippen molar-refractivity contribution in [2.24, 2.45) is 0 Å². The average molecular weight is 369 g/mol. The Morgan fingerprint density at radius 1 is 1.12 bits per heavy atom. The molecule has 0 radical (unpaired) electrons. The van der Waals surface area contributed by atoms with E-state index in [2.05, 4.69) is 4.98 Å². The maximum Gasteiger partial charge on any atom is 0.270 e. The molecule has 0 unspecified atom stereocenters. The van der Waals surface area contributed by atoms with Gasteiger partial charge in [-0.3, -0.25) is 14.2 Å². The molecule has 0 saturated heterocycles. The van der Waals surface area contributed by atoms with E-state index < -0.39 is 0 Å². The van der Waals surface area contributed by atoms with Gasteiger partial charge in [0, 0.05) is 21.5 Å². The molecule has 4 nitrogen and oxygen atoms in total. The van der Waals surface area contributed by atoms with Crippen LogP contribution in [0.4, 0.5) is 0 Å². The Kier molecular flexibility index (Phi) is 3.90. The predicted octanol–water partition coefficient (Wildman–Crippen LogP) is 4.18. The zero-order chi connectivity index (χ0) is 17.6. The van der Waals surface area contributed by atoms with Crippen molar-refractivity contribution in [3.63, 3.8) is 0 Å². The summed E-state index contributed by atoms with van der Waals surface area (Å²) in [6, 6.07) is 14.3. The topological polar surface area (TPSA) is 52.0 Å². The first-order valence-corrected chi connectivity index (χ1v) is 9.03. The van der Waals surface area contributed by atoms with Crippen molar-refractivity contribution in [2.75, 3.05) is 0 Å². The highest BCUT2D eigenvalue weighted by Gasteiger charge is 2.16. The van der Waals surface area contributed by atoms with Crippen molar-refractivity contribution >= 4 is 43.2 Å². The van der Waals surface area contributed by atoms with Crippen LogP contribution in [0.25, 0.3) is 26.0 Å². The van der Waals surface area contributed by atoms with Gasteiger partial charge in [-0.1, -0.05) is 36.7 Å². The quantitative estimate of drug-likeness (QED) is 0.499. The summed E-state index contributed by atoms with van der Waals surface area (Å²) in [5, 5.41) is 1.19. The summed E-state index contributed by atoms with van der Waals surface area (Å²) >= 11 is 7.44. The summed E-state index contributed by atoms with van der Waals surface area (Å²) in [7, 11) is 0. The van der Waals surface area contributed by atoms with Crippen LogP contribution in [0.15, 0.2) is 58.1 Å². The molecule has 124 valence electrons. The number of benzene rings is 2. The van der Waals surface area contributed by atoms with E-state index >= 15 is 0 Å². The fraction of sp³-hybridized carbons (Fsp3) is 0.105. The van der Waals surface area contributed by atoms with Crippen LogP contribution >= 0.6 is 22.9 Å². The van der Waals surface area contributed by atoms with Crippen LogP contribution < -0.4 is 11.0 Å². The molecule has 0 spiro atoms. The Bertz CT molecular complexity index is 1240. The van der Waals surface area contributed by atoms with Crippen molar-refractivity contribution in [1.29, 1.82) is 0 Å². The molecule has 2 aromatic carbocycles. The molecular formula is C19H13ClN2O2S. The molecule has 0 aliphatic rings. The van der Waals surface area contributed by atoms with Gasteiger partial charge in [-0.15, -0.1) is 11.3 Å². The zero-order valence-electron chi connectivity index (χ0n) is 13.3. The van der Waals surface area contributed by atoms with Crippen LogP contribution in [0.1, 0.15) is 12.7 Å². The van der Waals surface area contributed by atoms with Crippen molar-refractivity contribution in [1.82, 2.24) is 9.55 Å². The summed E-state index contributed by atoms with van der Waals surface area (Å²) in [6.45, 7) is 1.93. The molecular weight excluding hydrogens is 356 g/mol. The molecule has 4 aromatic rings. The Morgan fingerprint density at radius 2 is 1.92 bits per heavy atom. The first-order valence-electron chi connectivity index (χ1n) is 7.83. The average Bonchev–Trinajstić information content (AvgIpc) is 2.61. The van der Waals surface area contributed by atoms with E-state index in [1.807, 2.05) is 19.1 Å². The van der Waals surface area contributed by atoms with E-state index in [0.29, 0.717) is 33.2 Å². The standard InChI is InChI=1S/C19H13ClN2O2S/c1-2-15-21-18-16(17(23)13-8-3-4-9-14(13)25-18)19(24)22(15)12-7-5-6-11(20)10-12/h3-10H,2H2,1H3. The Morgan fingerprint density at radius 3 is 2.68 bits per heavy atom. The van der Waals surface area contributed by atoms with Gasteiger partial charge in [0.1, 0.15) is 16.0 Å². The fourth-order valence-electron chi connectivity index (χ4n) is 2.91. The van der Waals surface area contributed by atoms with Crippen molar-refractivity contribution < 1.29 is 0 Å². The highest BCUT2D eigenvalue weighted by Crippen LogP contribution is 2.23. The van der Waals surface area contributed by atoms with Crippen LogP contribution in [0.5, 0.6) is 0 Å². The van der Waals surface area contributed by atoms with Crippen LogP contribution in [-0.4, -0.2) is 9.55 Å². The lowest BCUT2D eigenvalue weighted by Crippen LogP contribution is -2.27. The number of halogens is 1. The smallest absolute Gasteiger partial charge is 0.270 e. The first-order chi connectivity index (χ1) is 12.1. The van der Waals surface area contributed by atoms with Gasteiger partial charge in [0.05, 0.1) is 5.69 Å². The minimum Gasteiger partial charge on any atom is -0.288 e. The molecule has 4 rings (SSSR count). The number of aromatic nitrogens is 2. The second kappa shape index (κ2) is 6.10. The Labute approximate surface area is 152 Å². The van der Waals surface area contributed by atoms with E-state index in [1.54, 1.807) is 36.4 Å². The van der Waals surface area contributed by atoms with Crippen LogP contribution in [0.2, 0.25) is 5.02 Å². The lowest BCUT2D eigenvalue weighted by atomic mass is 10.2. The molecule has 0 N–H and O–H groups in total. The highest BCUT2D eigenvalue weighted by atomic mass is 35.5. The van der Waals surface area contributed by atoms with E-state index in [0.717, 1.165) is 4.70 Å². The van der Waals surface area contributed by atoms with Gasteiger partial charge in [0.25, 0.3) is 5.56 Å². The molecule has 0 bridgehead atoms. The molecule has 0 fully saturated rings. The van der Waals surface area contributed by atoms with Crippen LogP contribution in [0.3, 0.4) is 0 Å². The number of hydrogen-bond acceptors (Lipinski definition) is 4. The molecule has 0 aliphatic carbocycles. The van der Waals surface area contributed by atoms with Crippen molar-refractivity contribution in [3.05, 3.63) is 80.0 Å². The SMILES string of the molecule is CCc1nc2sc3ccccc3c(=O)c2c(=O)n1-c1cccc(Cl)c1. The minimum absolute atomic E-state index is 0.126. The minimum atomic E-state index is -0.351. The third-order valence-corrected chi connectivity index (χ3v) is 5.37. The van der Waals surface area contributed by atoms with Gasteiger partial charge < -0.3 is 0 Å². The fourth-order valence-corrected chi connectivity index (χ4v) is 4.16. The number of nitrogens with zero attached hydrogens (tertiary/aromatic N) is 2. The van der Waals surface area contributed by atoms with E-state index in [9.17, 15) is 9.59 Å². The Hall–Kier alpha value is -2.50. The second-order valence-corrected chi connectivity index (χ2v) is 7.08. The monoisotopic (exact) mass is 368 g/mol. The summed E-state index contributed by atoms with van der Waals surface area (Å²) in [5.74, 6) is 0.602. The lowest BCUT2D eigenvalue weighted by molar-refractivity contribution is 0.835. The van der Waals surface area contributed by atoms with Gasteiger partial charge in [0.15, 0.2) is 0 Å². The molecule has 0 atom stereocenters. The Balaban J connectivity index is 2.19. The van der Waals surface area contributed by atoms with E-state index in [1.165, 1.54) is 15.9 Å². The van der Waals surface area contributed by atoms with E-state index in [-0.39, 0.29) is 16.4 Å². The zero-order valence-corrected chi connectivity index (χ0v) is 14.9. The number of hydrogen-bond donors (Lipinski definition) is 0. The molecule has 25 heavy (non-hydrogen) atoms. The highest BCUT2D eigenvalue weighted by molar-refractivity contribution is 7.24. The van der Waals surface area contributed by atoms with Gasteiger partial charge in [0.2, 0.25) is 5.43 Å². The van der Waals surface area contributed by atoms with E-state index in [4.69, 9.17) is 11.6 Å². The predicted molar refractivity (Wildman–Crippen MR) is 103 cm³/mol. The molecule has 6 heteroatoms. The van der Waals surface area contributed by atoms with Crippen LogP contribution in [0, 0.1) is 0 Å². The lowest BCUT2D eigenvalue weighted by Gasteiger charge is -2.12. The van der Waals surface area contributed by atoms with Crippen molar-refractivity contribution in [2.45, 2.75) is 13.3 Å². The van der Waals surface area contributed by atoms with Crippen molar-refractivity contribution in [3.8, 4) is 5.69 Å². The summed E-state index contributed by atoms with van der Waals surface area (Å²) in [4.78, 5) is 31.1. The first kappa shape index (κ1) is 16.0. The molecule has 0 aliphatic heterocycles. The largest absolute Gasteiger partial charge is 0.288 e. The van der Waals surface area contributed by atoms with Gasteiger partial charge in [-0.05, 0) is 30.3 Å². The molecule has 0 amide bonds. The van der Waals surface area contributed by atoms with Gasteiger partial charge in [-0.2, -0.15) is 0 Å². The summed E-state index contributed by atoms with van der Waals surface area (Å²) < 4.78 is 2.31. The molecule has 2 heterocycles. The third-order valence-electron chi connectivity index (χ3n) is 4.07. The molecule has 2 aromatic heterocycles. The van der Waals surface area contributed by atoms with Crippen LogP contribution in [-0.2, 0) is 6.42 Å². The maximum absolute atomic E-state index is 13.2. The van der Waals surface area contributed by atoms with Gasteiger partial charge >= 0.3 is 0 Å².